The Bertz CT molecular complexity index is 363. The molecule has 5 nitrogen and oxygen atoms in total. The average Bonchev–Trinajstić information content (AvgIpc) is 2.17. The predicted molar refractivity (Wildman–Crippen MR) is 56.1 cm³/mol. The van der Waals surface area contributed by atoms with Gasteiger partial charge in [-0.3, -0.25) is 4.79 Å². The van der Waals surface area contributed by atoms with Gasteiger partial charge >= 0.3 is 7.72 Å². The molecule has 0 saturated heterocycles. The standard InChI is InChI=1S/C9H11O5P/c10-5-7(11)6-15(13,14)9-4-2-1-3-8(9)12/h1-4,10,13-14H,5-6H2/p+1. The molecule has 0 bridgehead atoms. The monoisotopic (exact) mass is 231 g/mol. The van der Waals surface area contributed by atoms with Crippen molar-refractivity contribution in [3.05, 3.63) is 24.3 Å². The van der Waals surface area contributed by atoms with Crippen LogP contribution in [0.1, 0.15) is 0 Å². The van der Waals surface area contributed by atoms with Crippen LogP contribution in [0, 0.1) is 0 Å². The zero-order valence-electron chi connectivity index (χ0n) is 7.87. The van der Waals surface area contributed by atoms with E-state index in [9.17, 15) is 19.7 Å². The normalized spacial score (nSPS) is 11.4. The number of aromatic hydroxyl groups is 1. The number of ketones is 1. The lowest BCUT2D eigenvalue weighted by Gasteiger charge is -2.11. The van der Waals surface area contributed by atoms with Gasteiger partial charge in [0, 0.05) is 0 Å². The van der Waals surface area contributed by atoms with Crippen molar-refractivity contribution in [1.29, 1.82) is 0 Å². The third-order valence-corrected chi connectivity index (χ3v) is 3.78. The van der Waals surface area contributed by atoms with Crippen LogP contribution in [-0.2, 0) is 4.79 Å². The number of aliphatic hydroxyl groups excluding tert-OH is 1. The van der Waals surface area contributed by atoms with Crippen LogP contribution in [0.15, 0.2) is 24.3 Å². The zero-order chi connectivity index (χ0) is 11.5. The molecule has 0 aliphatic rings. The molecule has 6 heteroatoms. The van der Waals surface area contributed by atoms with E-state index in [2.05, 4.69) is 0 Å². The Morgan fingerprint density at radius 2 is 1.87 bits per heavy atom. The topological polar surface area (TPSA) is 98.0 Å². The van der Waals surface area contributed by atoms with Gasteiger partial charge in [0.2, 0.25) is 5.78 Å². The van der Waals surface area contributed by atoms with Crippen molar-refractivity contribution in [2.75, 3.05) is 12.8 Å². The maximum atomic E-state index is 10.9. The second-order valence-electron chi connectivity index (χ2n) is 3.07. The average molecular weight is 231 g/mol. The van der Waals surface area contributed by atoms with Crippen molar-refractivity contribution in [3.63, 3.8) is 0 Å². The first-order chi connectivity index (χ1) is 6.97. The molecule has 0 spiro atoms. The van der Waals surface area contributed by atoms with Crippen molar-refractivity contribution in [2.24, 2.45) is 0 Å². The molecular formula is C9H12O5P+. The number of hydrogen-bond donors (Lipinski definition) is 4. The zero-order valence-corrected chi connectivity index (χ0v) is 8.76. The maximum absolute atomic E-state index is 10.9. The van der Waals surface area contributed by atoms with Crippen molar-refractivity contribution in [2.45, 2.75) is 0 Å². The third-order valence-electron chi connectivity index (χ3n) is 1.84. The molecule has 0 saturated carbocycles. The van der Waals surface area contributed by atoms with Gasteiger partial charge in [-0.15, -0.1) is 0 Å². The van der Waals surface area contributed by atoms with Gasteiger partial charge in [0.05, 0.1) is 0 Å². The van der Waals surface area contributed by atoms with Gasteiger partial charge in [0.1, 0.15) is 6.61 Å². The summed E-state index contributed by atoms with van der Waals surface area (Å²) in [5.41, 5.74) is 0. The summed E-state index contributed by atoms with van der Waals surface area (Å²) in [6, 6.07) is 5.71. The summed E-state index contributed by atoms with van der Waals surface area (Å²) in [5.74, 6) is -0.932. The molecule has 0 aromatic heterocycles. The molecule has 0 radical (unpaired) electrons. The maximum Gasteiger partial charge on any atom is 0.311 e. The highest BCUT2D eigenvalue weighted by molar-refractivity contribution is 7.73. The minimum Gasteiger partial charge on any atom is -0.504 e. The van der Waals surface area contributed by atoms with Crippen LogP contribution in [0.4, 0.5) is 0 Å². The summed E-state index contributed by atoms with van der Waals surface area (Å²) in [5, 5.41) is 17.8. The van der Waals surface area contributed by atoms with E-state index < -0.39 is 26.3 Å². The Morgan fingerprint density at radius 3 is 2.40 bits per heavy atom. The number of Topliss-reactive ketones (excluding diaryl/α,β-unsaturated/α-hetero) is 1. The van der Waals surface area contributed by atoms with Crippen molar-refractivity contribution >= 4 is 18.8 Å². The minimum atomic E-state index is -3.66. The van der Waals surface area contributed by atoms with Gasteiger partial charge in [-0.05, 0) is 12.1 Å². The molecule has 15 heavy (non-hydrogen) atoms. The Hall–Kier alpha value is -1.00. The summed E-state index contributed by atoms with van der Waals surface area (Å²) >= 11 is 0. The molecule has 1 aromatic rings. The number of aliphatic hydroxyl groups is 1. The smallest absolute Gasteiger partial charge is 0.311 e. The van der Waals surface area contributed by atoms with Crippen LogP contribution < -0.4 is 5.30 Å². The number of hydrogen-bond acceptors (Lipinski definition) is 5. The van der Waals surface area contributed by atoms with Crippen LogP contribution in [0.25, 0.3) is 0 Å². The molecule has 0 aliphatic heterocycles. The number of carbonyl (C=O) groups is 1. The van der Waals surface area contributed by atoms with E-state index in [-0.39, 0.29) is 11.1 Å². The van der Waals surface area contributed by atoms with Gasteiger partial charge in [-0.25, -0.2) is 9.79 Å². The van der Waals surface area contributed by atoms with Crippen LogP contribution in [0.5, 0.6) is 5.75 Å². The molecule has 0 fully saturated rings. The first-order valence-electron chi connectivity index (χ1n) is 4.22. The molecule has 0 heterocycles. The number of phenols is 1. The molecule has 4 N–H and O–H groups in total. The first-order valence-corrected chi connectivity index (χ1v) is 6.10. The highest BCUT2D eigenvalue weighted by Crippen LogP contribution is 2.50. The summed E-state index contributed by atoms with van der Waals surface area (Å²) < 4.78 is 0. The van der Waals surface area contributed by atoms with Crippen LogP contribution in [0.2, 0.25) is 0 Å². The molecule has 0 unspecified atom stereocenters. The van der Waals surface area contributed by atoms with Crippen LogP contribution in [0.3, 0.4) is 0 Å². The van der Waals surface area contributed by atoms with Gasteiger partial charge < -0.3 is 10.2 Å². The van der Waals surface area contributed by atoms with Crippen LogP contribution in [-0.4, -0.2) is 38.6 Å². The van der Waals surface area contributed by atoms with E-state index >= 15 is 0 Å². The number of benzene rings is 1. The quantitative estimate of drug-likeness (QED) is 0.519. The van der Waals surface area contributed by atoms with Crippen molar-refractivity contribution in [3.8, 4) is 5.75 Å². The number of para-hydroxylation sites is 1. The lowest BCUT2D eigenvalue weighted by atomic mass is 10.3. The molecule has 0 aliphatic carbocycles. The highest BCUT2D eigenvalue weighted by atomic mass is 31.2. The van der Waals surface area contributed by atoms with E-state index in [4.69, 9.17) is 5.11 Å². The molecule has 82 valence electrons. The molecular weight excluding hydrogens is 219 g/mol. The summed E-state index contributed by atoms with van der Waals surface area (Å²) in [6.45, 7) is -0.740. The van der Waals surface area contributed by atoms with E-state index in [1.807, 2.05) is 0 Å². The third kappa shape index (κ3) is 2.97. The molecule has 1 aromatic carbocycles. The SMILES string of the molecule is O=C(CO)C[P+](O)(O)c1ccccc1O. The second kappa shape index (κ2) is 4.68. The number of carbonyl (C=O) groups excluding carboxylic acids is 1. The molecule has 0 amide bonds. The Balaban J connectivity index is 2.95. The van der Waals surface area contributed by atoms with Crippen LogP contribution >= 0.6 is 7.72 Å². The lowest BCUT2D eigenvalue weighted by molar-refractivity contribution is -0.119. The van der Waals surface area contributed by atoms with Crippen molar-refractivity contribution in [1.82, 2.24) is 0 Å². The fourth-order valence-electron chi connectivity index (χ4n) is 1.15. The highest BCUT2D eigenvalue weighted by Gasteiger charge is 2.41. The predicted octanol–water partition coefficient (Wildman–Crippen LogP) is -0.589. The van der Waals surface area contributed by atoms with E-state index in [1.165, 1.54) is 24.3 Å². The van der Waals surface area contributed by atoms with E-state index in [1.54, 1.807) is 0 Å². The summed E-state index contributed by atoms with van der Waals surface area (Å²) in [7, 11) is -3.66. The van der Waals surface area contributed by atoms with Gasteiger partial charge in [0.25, 0.3) is 0 Å². The van der Waals surface area contributed by atoms with Gasteiger partial charge in [0.15, 0.2) is 17.2 Å². The number of phenolic OH excluding ortho intramolecular Hbond substituents is 1. The molecule has 1 rings (SSSR count). The van der Waals surface area contributed by atoms with Gasteiger partial charge in [-0.2, -0.15) is 0 Å². The Morgan fingerprint density at radius 1 is 1.27 bits per heavy atom. The fraction of sp³-hybridized carbons (Fsp3) is 0.222. The summed E-state index contributed by atoms with van der Waals surface area (Å²) in [4.78, 5) is 30.2. The lowest BCUT2D eigenvalue weighted by Crippen LogP contribution is -2.20. The van der Waals surface area contributed by atoms with E-state index in [0.717, 1.165) is 0 Å². The second-order valence-corrected chi connectivity index (χ2v) is 5.33. The van der Waals surface area contributed by atoms with E-state index in [0.29, 0.717) is 0 Å². The van der Waals surface area contributed by atoms with Crippen molar-refractivity contribution < 1.29 is 24.8 Å². The summed E-state index contributed by atoms with van der Waals surface area (Å²) in [6.07, 6.45) is -0.554. The largest absolute Gasteiger partial charge is 0.504 e. The number of rotatable bonds is 4. The fourth-order valence-corrected chi connectivity index (χ4v) is 2.68. The van der Waals surface area contributed by atoms with Gasteiger partial charge in [-0.1, -0.05) is 12.1 Å². The Kier molecular flexibility index (Phi) is 3.77. The minimum absolute atomic E-state index is 0.0493. The Labute approximate surface area is 87.1 Å². The first kappa shape index (κ1) is 12.1. The molecule has 0 atom stereocenters.